The topological polar surface area (TPSA) is 80.1 Å². The SMILES string of the molecule is CC(=O)N1C[C@H](F)C[C@H]1C(=O)N[C@@H](c1cccc(-c2cc(C)nn2C)c1)c1ccc(C(C)C)c(F)n1. The normalized spacial score (nSPS) is 18.5. The van der Waals surface area contributed by atoms with Crippen molar-refractivity contribution in [3.8, 4) is 11.3 Å². The molecule has 0 bridgehead atoms. The molecular weight excluding hydrogens is 464 g/mol. The molecule has 0 aliphatic carbocycles. The largest absolute Gasteiger partial charge is 0.342 e. The van der Waals surface area contributed by atoms with E-state index in [0.717, 1.165) is 17.0 Å². The Labute approximate surface area is 209 Å². The van der Waals surface area contributed by atoms with Gasteiger partial charge < -0.3 is 10.2 Å². The molecule has 0 saturated carbocycles. The first-order chi connectivity index (χ1) is 17.0. The number of nitrogens with zero attached hydrogens (tertiary/aromatic N) is 4. The zero-order valence-corrected chi connectivity index (χ0v) is 21.1. The lowest BCUT2D eigenvalue weighted by molar-refractivity contribution is -0.137. The number of pyridine rings is 1. The fourth-order valence-corrected chi connectivity index (χ4v) is 4.76. The molecule has 0 spiro atoms. The summed E-state index contributed by atoms with van der Waals surface area (Å²) in [4.78, 5) is 30.8. The van der Waals surface area contributed by atoms with Gasteiger partial charge in [-0.3, -0.25) is 14.3 Å². The molecule has 1 fully saturated rings. The summed E-state index contributed by atoms with van der Waals surface area (Å²) in [6.07, 6.45) is -1.36. The highest BCUT2D eigenvalue weighted by Gasteiger charge is 2.39. The van der Waals surface area contributed by atoms with Gasteiger partial charge in [0.25, 0.3) is 0 Å². The molecule has 9 heteroatoms. The zero-order chi connectivity index (χ0) is 26.1. The Bertz CT molecular complexity index is 1290. The number of rotatable bonds is 6. The highest BCUT2D eigenvalue weighted by atomic mass is 19.1. The maximum Gasteiger partial charge on any atom is 0.243 e. The minimum Gasteiger partial charge on any atom is -0.342 e. The van der Waals surface area contributed by atoms with E-state index in [1.54, 1.807) is 16.8 Å². The van der Waals surface area contributed by atoms with Crippen molar-refractivity contribution in [3.05, 3.63) is 70.9 Å². The molecule has 1 N–H and O–H groups in total. The van der Waals surface area contributed by atoms with Gasteiger partial charge in [0.1, 0.15) is 12.2 Å². The molecule has 3 heterocycles. The third-order valence-electron chi connectivity index (χ3n) is 6.58. The van der Waals surface area contributed by atoms with Crippen LogP contribution in [0.4, 0.5) is 8.78 Å². The summed E-state index contributed by atoms with van der Waals surface area (Å²) in [7, 11) is 1.85. The van der Waals surface area contributed by atoms with Crippen molar-refractivity contribution >= 4 is 11.8 Å². The number of carbonyl (C=O) groups excluding carboxylic acids is 2. The Hall–Kier alpha value is -3.62. The van der Waals surface area contributed by atoms with Gasteiger partial charge in [0.05, 0.1) is 29.7 Å². The van der Waals surface area contributed by atoms with E-state index in [4.69, 9.17) is 0 Å². The highest BCUT2D eigenvalue weighted by Crippen LogP contribution is 2.29. The summed E-state index contributed by atoms with van der Waals surface area (Å²) in [5.74, 6) is -1.53. The summed E-state index contributed by atoms with van der Waals surface area (Å²) in [5.41, 5.74) is 4.07. The molecule has 7 nitrogen and oxygen atoms in total. The van der Waals surface area contributed by atoms with E-state index in [9.17, 15) is 18.4 Å². The molecular formula is C27H31F2N5O2. The lowest BCUT2D eigenvalue weighted by Gasteiger charge is -2.26. The number of halogens is 2. The van der Waals surface area contributed by atoms with E-state index in [0.29, 0.717) is 16.8 Å². The second-order valence-corrected chi connectivity index (χ2v) is 9.65. The van der Waals surface area contributed by atoms with Crippen LogP contribution >= 0.6 is 0 Å². The second-order valence-electron chi connectivity index (χ2n) is 9.65. The van der Waals surface area contributed by atoms with Crippen LogP contribution < -0.4 is 5.32 Å². The minimum atomic E-state index is -1.28. The Morgan fingerprint density at radius 2 is 1.92 bits per heavy atom. The Morgan fingerprint density at radius 1 is 1.17 bits per heavy atom. The first-order valence-corrected chi connectivity index (χ1v) is 12.0. The average molecular weight is 496 g/mol. The minimum absolute atomic E-state index is 0.0555. The highest BCUT2D eigenvalue weighted by molar-refractivity contribution is 5.88. The molecule has 4 rings (SSSR count). The number of alkyl halides is 1. The number of nitrogens with one attached hydrogen (secondary N) is 1. The van der Waals surface area contributed by atoms with Gasteiger partial charge >= 0.3 is 0 Å². The van der Waals surface area contributed by atoms with Crippen LogP contribution in [0.25, 0.3) is 11.3 Å². The maximum atomic E-state index is 14.9. The van der Waals surface area contributed by atoms with Crippen molar-refractivity contribution in [1.29, 1.82) is 0 Å². The number of benzene rings is 1. The molecule has 0 unspecified atom stereocenters. The predicted octanol–water partition coefficient (Wildman–Crippen LogP) is 4.22. The van der Waals surface area contributed by atoms with Crippen LogP contribution in [0.1, 0.15) is 61.7 Å². The fraction of sp³-hybridized carbons (Fsp3) is 0.407. The lowest BCUT2D eigenvalue weighted by Crippen LogP contribution is -2.46. The first-order valence-electron chi connectivity index (χ1n) is 12.0. The van der Waals surface area contributed by atoms with Crippen molar-refractivity contribution in [3.63, 3.8) is 0 Å². The Kier molecular flexibility index (Phi) is 7.19. The van der Waals surface area contributed by atoms with Gasteiger partial charge in [0.15, 0.2) is 0 Å². The number of aromatic nitrogens is 3. The van der Waals surface area contributed by atoms with Gasteiger partial charge in [-0.2, -0.15) is 9.49 Å². The smallest absolute Gasteiger partial charge is 0.243 e. The van der Waals surface area contributed by atoms with Crippen molar-refractivity contribution in [2.45, 2.75) is 58.3 Å². The van der Waals surface area contributed by atoms with E-state index >= 15 is 0 Å². The molecule has 3 atom stereocenters. The second kappa shape index (κ2) is 10.2. The van der Waals surface area contributed by atoms with Gasteiger partial charge in [-0.15, -0.1) is 0 Å². The molecule has 1 saturated heterocycles. The number of hydrogen-bond donors (Lipinski definition) is 1. The molecule has 190 valence electrons. The number of carbonyl (C=O) groups is 2. The van der Waals surface area contributed by atoms with Crippen molar-refractivity contribution in [2.24, 2.45) is 7.05 Å². The van der Waals surface area contributed by atoms with Crippen LogP contribution in [0.3, 0.4) is 0 Å². The summed E-state index contributed by atoms with van der Waals surface area (Å²) in [5, 5.41) is 7.32. The Morgan fingerprint density at radius 3 is 2.53 bits per heavy atom. The van der Waals surface area contributed by atoms with Gasteiger partial charge in [-0.25, -0.2) is 9.37 Å². The zero-order valence-electron chi connectivity index (χ0n) is 21.1. The van der Waals surface area contributed by atoms with Crippen molar-refractivity contribution in [2.75, 3.05) is 6.54 Å². The van der Waals surface area contributed by atoms with E-state index in [1.165, 1.54) is 11.8 Å². The number of aryl methyl sites for hydroxylation is 2. The molecule has 1 aliphatic rings. The molecule has 2 aromatic heterocycles. The quantitative estimate of drug-likeness (QED) is 0.520. The van der Waals surface area contributed by atoms with E-state index in [2.05, 4.69) is 15.4 Å². The number of amides is 2. The predicted molar refractivity (Wildman–Crippen MR) is 132 cm³/mol. The van der Waals surface area contributed by atoms with Crippen LogP contribution in [0, 0.1) is 12.9 Å². The van der Waals surface area contributed by atoms with Crippen LogP contribution in [-0.4, -0.2) is 50.2 Å². The number of likely N-dealkylation sites (tertiary alicyclic amines) is 1. The molecule has 3 aromatic rings. The lowest BCUT2D eigenvalue weighted by atomic mass is 9.97. The summed E-state index contributed by atoms with van der Waals surface area (Å²) >= 11 is 0. The third kappa shape index (κ3) is 5.15. The molecule has 2 amide bonds. The van der Waals surface area contributed by atoms with Gasteiger partial charge in [-0.1, -0.05) is 38.1 Å². The van der Waals surface area contributed by atoms with Crippen LogP contribution in [0.5, 0.6) is 0 Å². The van der Waals surface area contributed by atoms with Crippen molar-refractivity contribution < 1.29 is 18.4 Å². The van der Waals surface area contributed by atoms with Gasteiger partial charge in [0.2, 0.25) is 17.8 Å². The van der Waals surface area contributed by atoms with Crippen molar-refractivity contribution in [1.82, 2.24) is 25.0 Å². The van der Waals surface area contributed by atoms with E-state index in [1.807, 2.05) is 58.2 Å². The summed E-state index contributed by atoms with van der Waals surface area (Å²) < 4.78 is 30.8. The molecule has 1 aliphatic heterocycles. The van der Waals surface area contributed by atoms with Gasteiger partial charge in [0, 0.05) is 31.5 Å². The summed E-state index contributed by atoms with van der Waals surface area (Å²) in [6.45, 7) is 6.85. The third-order valence-corrected chi connectivity index (χ3v) is 6.58. The summed E-state index contributed by atoms with van der Waals surface area (Å²) in [6, 6.07) is 11.1. The van der Waals surface area contributed by atoms with E-state index < -0.39 is 30.1 Å². The number of hydrogen-bond acceptors (Lipinski definition) is 4. The van der Waals surface area contributed by atoms with Crippen LogP contribution in [0.2, 0.25) is 0 Å². The molecule has 0 radical (unpaired) electrons. The maximum absolute atomic E-state index is 14.9. The van der Waals surface area contributed by atoms with E-state index in [-0.39, 0.29) is 24.8 Å². The standard InChI is InChI=1S/C27H31F2N5O2/c1-15(2)21-9-10-22(30-26(21)29)25(31-27(36)24-13-20(28)14-34(24)17(4)35)19-8-6-7-18(12-19)23-11-16(3)32-33(23)5/h6-12,15,20,24-25H,13-14H2,1-5H3,(H,31,36)/t20-,24+,25+/m1/s1. The Balaban J connectivity index is 1.75. The van der Waals surface area contributed by atoms with Crippen LogP contribution in [-0.2, 0) is 16.6 Å². The molecule has 36 heavy (non-hydrogen) atoms. The average Bonchev–Trinajstić information content (AvgIpc) is 3.38. The first kappa shape index (κ1) is 25.5. The monoisotopic (exact) mass is 495 g/mol. The van der Waals surface area contributed by atoms with Crippen LogP contribution in [0.15, 0.2) is 42.5 Å². The fourth-order valence-electron chi connectivity index (χ4n) is 4.76. The molecule has 1 aromatic carbocycles. The van der Waals surface area contributed by atoms with Gasteiger partial charge in [-0.05, 0) is 36.6 Å².